The van der Waals surface area contributed by atoms with Crippen molar-refractivity contribution in [2.45, 2.75) is 0 Å². The molecule has 4 aromatic rings. The molecule has 5 heteroatoms. The van der Waals surface area contributed by atoms with Gasteiger partial charge in [0.2, 0.25) is 0 Å². The van der Waals surface area contributed by atoms with E-state index >= 15 is 0 Å². The van der Waals surface area contributed by atoms with Gasteiger partial charge in [0.15, 0.2) is 0 Å². The van der Waals surface area contributed by atoms with Crippen LogP contribution in [-0.2, 0) is 0 Å². The van der Waals surface area contributed by atoms with Crippen LogP contribution in [0.4, 0.5) is 17.1 Å². The first-order chi connectivity index (χ1) is 15.2. The molecule has 2 heterocycles. The first kappa shape index (κ1) is 19.4. The predicted octanol–water partition coefficient (Wildman–Crippen LogP) is 5.10. The molecule has 1 fully saturated rings. The van der Waals surface area contributed by atoms with Crippen LogP contribution in [0.5, 0.6) is 5.75 Å². The van der Waals surface area contributed by atoms with Gasteiger partial charge >= 0.3 is 0 Å². The van der Waals surface area contributed by atoms with E-state index in [1.54, 1.807) is 12.1 Å². The molecule has 156 valence electrons. The van der Waals surface area contributed by atoms with Crippen LogP contribution < -0.4 is 10.2 Å². The van der Waals surface area contributed by atoms with Crippen LogP contribution in [0.3, 0.4) is 0 Å². The Balaban J connectivity index is 1.41. The summed E-state index contributed by atoms with van der Waals surface area (Å²) < 4.78 is 0. The second-order valence-electron chi connectivity index (χ2n) is 8.10. The number of likely N-dealkylation sites (N-methyl/N-ethyl adjacent to an activating group) is 1. The van der Waals surface area contributed by atoms with Gasteiger partial charge in [0.1, 0.15) is 5.75 Å². The normalized spacial score (nSPS) is 14.7. The molecule has 5 rings (SSSR count). The number of aromatic nitrogens is 1. The summed E-state index contributed by atoms with van der Waals surface area (Å²) in [7, 11) is 2.18. The number of nitrogens with one attached hydrogen (secondary N) is 1. The van der Waals surface area contributed by atoms with Crippen molar-refractivity contribution in [3.05, 3.63) is 79.0 Å². The Morgan fingerprint density at radius 1 is 0.806 bits per heavy atom. The van der Waals surface area contributed by atoms with E-state index in [1.165, 1.54) is 5.69 Å². The van der Waals surface area contributed by atoms with Gasteiger partial charge in [-0.1, -0.05) is 18.2 Å². The standard InChI is InChI=1S/C26H26N4O/c1-29-14-16-30(17-15-29)22-7-5-21(6-8-22)28-26-12-13-27-25-11-4-20(18-24(25)26)19-2-9-23(31)10-3-19/h2-13,18,31H,14-17H2,1H3,(H,27,28). The molecule has 5 nitrogen and oxygen atoms in total. The number of benzene rings is 3. The molecule has 0 bridgehead atoms. The Morgan fingerprint density at radius 3 is 2.26 bits per heavy atom. The fraction of sp³-hybridized carbons (Fsp3) is 0.192. The fourth-order valence-electron chi connectivity index (χ4n) is 4.06. The molecule has 1 aliphatic heterocycles. The van der Waals surface area contributed by atoms with E-state index < -0.39 is 0 Å². The van der Waals surface area contributed by atoms with Gasteiger partial charge in [0, 0.05) is 54.8 Å². The lowest BCUT2D eigenvalue weighted by atomic mass is 10.0. The molecule has 0 amide bonds. The number of pyridine rings is 1. The van der Waals surface area contributed by atoms with Gasteiger partial charge in [-0.25, -0.2) is 0 Å². The van der Waals surface area contributed by atoms with E-state index in [1.807, 2.05) is 30.5 Å². The van der Waals surface area contributed by atoms with Crippen molar-refractivity contribution in [1.29, 1.82) is 0 Å². The Bertz CT molecular complexity index is 1180. The molecule has 0 aliphatic carbocycles. The van der Waals surface area contributed by atoms with E-state index in [0.717, 1.165) is 59.6 Å². The molecule has 0 unspecified atom stereocenters. The summed E-state index contributed by atoms with van der Waals surface area (Å²) >= 11 is 0. The number of fused-ring (bicyclic) bond motifs is 1. The number of nitrogens with zero attached hydrogens (tertiary/aromatic N) is 3. The molecule has 1 saturated heterocycles. The zero-order chi connectivity index (χ0) is 21.2. The summed E-state index contributed by atoms with van der Waals surface area (Å²) in [5.41, 5.74) is 6.45. The van der Waals surface area contributed by atoms with Gasteiger partial charge in [-0.3, -0.25) is 4.98 Å². The largest absolute Gasteiger partial charge is 0.508 e. The van der Waals surface area contributed by atoms with Gasteiger partial charge in [-0.05, 0) is 72.8 Å². The van der Waals surface area contributed by atoms with Crippen LogP contribution >= 0.6 is 0 Å². The van der Waals surface area contributed by atoms with Crippen molar-refractivity contribution in [3.8, 4) is 16.9 Å². The summed E-state index contributed by atoms with van der Waals surface area (Å²) in [6.45, 7) is 4.34. The lowest BCUT2D eigenvalue weighted by Crippen LogP contribution is -2.44. The third-order valence-electron chi connectivity index (χ3n) is 5.96. The Hall–Kier alpha value is -3.57. The number of rotatable bonds is 4. The molecule has 0 radical (unpaired) electrons. The summed E-state index contributed by atoms with van der Waals surface area (Å²) in [5.74, 6) is 0.272. The second-order valence-corrected chi connectivity index (χ2v) is 8.10. The van der Waals surface area contributed by atoms with Crippen LogP contribution in [0, 0.1) is 0 Å². The summed E-state index contributed by atoms with van der Waals surface area (Å²) in [4.78, 5) is 9.33. The monoisotopic (exact) mass is 410 g/mol. The van der Waals surface area contributed by atoms with Crippen molar-refractivity contribution >= 4 is 28.0 Å². The maximum absolute atomic E-state index is 9.57. The average molecular weight is 411 g/mol. The lowest BCUT2D eigenvalue weighted by molar-refractivity contribution is 0.313. The fourth-order valence-corrected chi connectivity index (χ4v) is 4.06. The second kappa shape index (κ2) is 8.28. The smallest absolute Gasteiger partial charge is 0.115 e. The van der Waals surface area contributed by atoms with Gasteiger partial charge in [-0.15, -0.1) is 0 Å². The topological polar surface area (TPSA) is 51.6 Å². The van der Waals surface area contributed by atoms with Crippen LogP contribution in [0.25, 0.3) is 22.0 Å². The zero-order valence-electron chi connectivity index (χ0n) is 17.6. The number of phenols is 1. The Kier molecular flexibility index (Phi) is 5.18. The predicted molar refractivity (Wildman–Crippen MR) is 128 cm³/mol. The van der Waals surface area contributed by atoms with Crippen molar-refractivity contribution < 1.29 is 5.11 Å². The highest BCUT2D eigenvalue weighted by Gasteiger charge is 2.14. The van der Waals surface area contributed by atoms with E-state index in [0.29, 0.717) is 0 Å². The third kappa shape index (κ3) is 4.18. The van der Waals surface area contributed by atoms with Crippen LogP contribution in [0.2, 0.25) is 0 Å². The van der Waals surface area contributed by atoms with Gasteiger partial charge < -0.3 is 20.2 Å². The molecule has 2 N–H and O–H groups in total. The highest BCUT2D eigenvalue weighted by Crippen LogP contribution is 2.31. The number of hydrogen-bond donors (Lipinski definition) is 2. The minimum atomic E-state index is 0.272. The minimum absolute atomic E-state index is 0.272. The maximum Gasteiger partial charge on any atom is 0.115 e. The molecule has 3 aromatic carbocycles. The van der Waals surface area contributed by atoms with Crippen molar-refractivity contribution in [3.63, 3.8) is 0 Å². The van der Waals surface area contributed by atoms with E-state index in [9.17, 15) is 5.11 Å². The number of piperazine rings is 1. The molecule has 0 atom stereocenters. The van der Waals surface area contributed by atoms with Crippen molar-refractivity contribution in [2.75, 3.05) is 43.4 Å². The Morgan fingerprint density at radius 2 is 1.52 bits per heavy atom. The first-order valence-corrected chi connectivity index (χ1v) is 10.6. The quantitative estimate of drug-likeness (QED) is 0.490. The van der Waals surface area contributed by atoms with Crippen LogP contribution in [-0.4, -0.2) is 48.2 Å². The summed E-state index contributed by atoms with van der Waals surface area (Å²) in [6, 6.07) is 24.2. The van der Waals surface area contributed by atoms with Crippen molar-refractivity contribution in [2.24, 2.45) is 0 Å². The lowest BCUT2D eigenvalue weighted by Gasteiger charge is -2.34. The highest BCUT2D eigenvalue weighted by molar-refractivity contribution is 5.95. The number of aromatic hydroxyl groups is 1. The molecule has 0 saturated carbocycles. The molecule has 1 aliphatic rings. The average Bonchev–Trinajstić information content (AvgIpc) is 2.81. The number of anilines is 3. The molecule has 31 heavy (non-hydrogen) atoms. The van der Waals surface area contributed by atoms with Crippen LogP contribution in [0.15, 0.2) is 79.0 Å². The van der Waals surface area contributed by atoms with E-state index in [4.69, 9.17) is 0 Å². The Labute approximate surface area is 182 Å². The van der Waals surface area contributed by atoms with Gasteiger partial charge in [0.25, 0.3) is 0 Å². The SMILES string of the molecule is CN1CCN(c2ccc(Nc3ccnc4ccc(-c5ccc(O)cc5)cc34)cc2)CC1. The minimum Gasteiger partial charge on any atom is -0.508 e. The van der Waals surface area contributed by atoms with Crippen LogP contribution in [0.1, 0.15) is 0 Å². The third-order valence-corrected chi connectivity index (χ3v) is 5.96. The zero-order valence-corrected chi connectivity index (χ0v) is 17.6. The molecular formula is C26H26N4O. The molecule has 0 spiro atoms. The maximum atomic E-state index is 9.57. The summed E-state index contributed by atoms with van der Waals surface area (Å²) in [5, 5.41) is 14.2. The molecular weight excluding hydrogens is 384 g/mol. The number of hydrogen-bond acceptors (Lipinski definition) is 5. The van der Waals surface area contributed by atoms with Crippen molar-refractivity contribution in [1.82, 2.24) is 9.88 Å². The highest BCUT2D eigenvalue weighted by atomic mass is 16.3. The van der Waals surface area contributed by atoms with E-state index in [2.05, 4.69) is 63.5 Å². The summed E-state index contributed by atoms with van der Waals surface area (Å²) in [6.07, 6.45) is 1.84. The van der Waals surface area contributed by atoms with Gasteiger partial charge in [0.05, 0.1) is 5.52 Å². The molecule has 1 aromatic heterocycles. The van der Waals surface area contributed by atoms with Gasteiger partial charge in [-0.2, -0.15) is 0 Å². The number of phenolic OH excluding ortho intramolecular Hbond substituents is 1. The van der Waals surface area contributed by atoms with E-state index in [-0.39, 0.29) is 5.75 Å². The first-order valence-electron chi connectivity index (χ1n) is 10.6.